The maximum atomic E-state index is 12.5. The molecule has 1 aromatic rings. The Kier molecular flexibility index (Phi) is 6.57. The molecule has 2 unspecified atom stereocenters. The minimum atomic E-state index is -1.10. The second-order valence-corrected chi connectivity index (χ2v) is 6.10. The number of amides is 2. The van der Waals surface area contributed by atoms with Gasteiger partial charge in [-0.3, -0.25) is 9.59 Å². The summed E-state index contributed by atoms with van der Waals surface area (Å²) < 4.78 is 0. The molecular formula is C16H21ClN2O4. The Morgan fingerprint density at radius 2 is 1.65 bits per heavy atom. The van der Waals surface area contributed by atoms with Gasteiger partial charge in [-0.15, -0.1) is 0 Å². The summed E-state index contributed by atoms with van der Waals surface area (Å²) in [6.07, 6.45) is 0. The number of benzene rings is 1. The zero-order valence-corrected chi connectivity index (χ0v) is 14.3. The van der Waals surface area contributed by atoms with Gasteiger partial charge in [0.15, 0.2) is 0 Å². The number of carbonyl (C=O) groups excluding carboxylic acids is 2. The van der Waals surface area contributed by atoms with Crippen LogP contribution in [0.1, 0.15) is 31.1 Å². The number of hydrogen-bond acceptors (Lipinski definition) is 3. The molecule has 0 radical (unpaired) electrons. The fourth-order valence-corrected chi connectivity index (χ4v) is 2.04. The van der Waals surface area contributed by atoms with Gasteiger partial charge in [0.2, 0.25) is 5.91 Å². The molecular weight excluding hydrogens is 320 g/mol. The lowest BCUT2D eigenvalue weighted by atomic mass is 10.0. The van der Waals surface area contributed by atoms with Crippen molar-refractivity contribution in [2.75, 3.05) is 7.05 Å². The van der Waals surface area contributed by atoms with E-state index in [0.29, 0.717) is 10.6 Å². The average Bonchev–Trinajstić information content (AvgIpc) is 2.50. The number of halogens is 1. The number of carboxylic acid groups (broad SMARTS) is 1. The van der Waals surface area contributed by atoms with Crippen molar-refractivity contribution in [1.29, 1.82) is 0 Å². The number of rotatable bonds is 6. The lowest BCUT2D eigenvalue weighted by molar-refractivity contribution is -0.149. The summed E-state index contributed by atoms with van der Waals surface area (Å²) in [5.41, 5.74) is 0.377. The average molecular weight is 341 g/mol. The van der Waals surface area contributed by atoms with Crippen LogP contribution in [0.15, 0.2) is 24.3 Å². The maximum Gasteiger partial charge on any atom is 0.326 e. The molecule has 0 heterocycles. The lowest BCUT2D eigenvalue weighted by Gasteiger charge is -2.29. The Labute approximate surface area is 140 Å². The van der Waals surface area contributed by atoms with Crippen molar-refractivity contribution in [1.82, 2.24) is 10.2 Å². The van der Waals surface area contributed by atoms with Gasteiger partial charge < -0.3 is 15.3 Å². The summed E-state index contributed by atoms with van der Waals surface area (Å²) in [4.78, 5) is 36.9. The molecule has 0 aromatic heterocycles. The second kappa shape index (κ2) is 7.97. The third-order valence-corrected chi connectivity index (χ3v) is 3.86. The molecule has 0 saturated carbocycles. The van der Waals surface area contributed by atoms with Gasteiger partial charge in [-0.05, 0) is 37.1 Å². The number of carboxylic acids is 1. The smallest absolute Gasteiger partial charge is 0.326 e. The van der Waals surface area contributed by atoms with Crippen LogP contribution < -0.4 is 5.32 Å². The van der Waals surface area contributed by atoms with E-state index in [1.807, 2.05) is 0 Å². The van der Waals surface area contributed by atoms with E-state index in [9.17, 15) is 14.4 Å². The molecule has 1 rings (SSSR count). The van der Waals surface area contributed by atoms with E-state index in [0.717, 1.165) is 4.90 Å². The van der Waals surface area contributed by atoms with E-state index < -0.39 is 29.9 Å². The molecule has 0 fully saturated rings. The minimum Gasteiger partial charge on any atom is -0.480 e. The van der Waals surface area contributed by atoms with Crippen molar-refractivity contribution in [3.63, 3.8) is 0 Å². The molecule has 2 N–H and O–H groups in total. The highest BCUT2D eigenvalue weighted by atomic mass is 35.5. The van der Waals surface area contributed by atoms with Gasteiger partial charge >= 0.3 is 5.97 Å². The zero-order chi connectivity index (χ0) is 17.7. The fraction of sp³-hybridized carbons (Fsp3) is 0.438. The summed E-state index contributed by atoms with van der Waals surface area (Å²) in [6.45, 7) is 4.98. The lowest BCUT2D eigenvalue weighted by Crippen LogP contribution is -2.53. The molecule has 2 atom stereocenters. The van der Waals surface area contributed by atoms with Crippen LogP contribution in [0.2, 0.25) is 5.02 Å². The van der Waals surface area contributed by atoms with Crippen molar-refractivity contribution in [2.45, 2.75) is 32.9 Å². The fourth-order valence-electron chi connectivity index (χ4n) is 1.92. The van der Waals surface area contributed by atoms with E-state index in [-0.39, 0.29) is 5.92 Å². The highest BCUT2D eigenvalue weighted by molar-refractivity contribution is 6.30. The summed E-state index contributed by atoms with van der Waals surface area (Å²) in [5.74, 6) is -2.16. The van der Waals surface area contributed by atoms with Gasteiger partial charge in [-0.25, -0.2) is 4.79 Å². The van der Waals surface area contributed by atoms with Crippen LogP contribution in [0, 0.1) is 5.92 Å². The Morgan fingerprint density at radius 3 is 2.09 bits per heavy atom. The van der Waals surface area contributed by atoms with Gasteiger partial charge in [0.25, 0.3) is 5.91 Å². The first-order chi connectivity index (χ1) is 10.6. The molecule has 0 aliphatic heterocycles. The van der Waals surface area contributed by atoms with Gasteiger partial charge in [-0.1, -0.05) is 25.4 Å². The molecule has 0 spiro atoms. The van der Waals surface area contributed by atoms with E-state index in [4.69, 9.17) is 16.7 Å². The summed E-state index contributed by atoms with van der Waals surface area (Å²) >= 11 is 5.78. The molecule has 1 aromatic carbocycles. The van der Waals surface area contributed by atoms with Crippen molar-refractivity contribution < 1.29 is 19.5 Å². The molecule has 0 saturated heterocycles. The standard InChI is InChI=1S/C16H21ClN2O4/c1-9(2)13(15(21)19(4)10(3)16(22)23)18-14(20)11-5-7-12(17)8-6-11/h5-10,13H,1-4H3,(H,18,20)(H,22,23). The number of likely N-dealkylation sites (N-methyl/N-ethyl adjacent to an activating group) is 1. The molecule has 0 bridgehead atoms. The monoisotopic (exact) mass is 340 g/mol. The zero-order valence-electron chi connectivity index (χ0n) is 13.5. The van der Waals surface area contributed by atoms with Gasteiger partial charge in [-0.2, -0.15) is 0 Å². The van der Waals surface area contributed by atoms with Gasteiger partial charge in [0.05, 0.1) is 0 Å². The van der Waals surface area contributed by atoms with Gasteiger partial charge in [0.1, 0.15) is 12.1 Å². The second-order valence-electron chi connectivity index (χ2n) is 5.67. The van der Waals surface area contributed by atoms with Crippen molar-refractivity contribution in [3.05, 3.63) is 34.9 Å². The molecule has 126 valence electrons. The van der Waals surface area contributed by atoms with Crippen LogP contribution in [0.25, 0.3) is 0 Å². The first kappa shape index (κ1) is 19.0. The quantitative estimate of drug-likeness (QED) is 0.829. The van der Waals surface area contributed by atoms with Crippen LogP contribution in [-0.4, -0.2) is 46.9 Å². The van der Waals surface area contributed by atoms with E-state index in [1.54, 1.807) is 38.1 Å². The van der Waals surface area contributed by atoms with Crippen LogP contribution in [0.4, 0.5) is 0 Å². The Balaban J connectivity index is 2.90. The largest absolute Gasteiger partial charge is 0.480 e. The molecule has 0 aliphatic rings. The Bertz CT molecular complexity index is 586. The van der Waals surface area contributed by atoms with Gasteiger partial charge in [0, 0.05) is 17.6 Å². The predicted octanol–water partition coefficient (Wildman–Crippen LogP) is 2.03. The van der Waals surface area contributed by atoms with Crippen LogP contribution >= 0.6 is 11.6 Å². The van der Waals surface area contributed by atoms with Crippen molar-refractivity contribution in [2.24, 2.45) is 5.92 Å². The molecule has 7 heteroatoms. The summed E-state index contributed by atoms with van der Waals surface area (Å²) in [7, 11) is 1.41. The summed E-state index contributed by atoms with van der Waals surface area (Å²) in [6, 6.07) is 4.50. The van der Waals surface area contributed by atoms with E-state index >= 15 is 0 Å². The van der Waals surface area contributed by atoms with Crippen LogP contribution in [0.5, 0.6) is 0 Å². The summed E-state index contributed by atoms with van der Waals surface area (Å²) in [5, 5.41) is 12.2. The highest BCUT2D eigenvalue weighted by Crippen LogP contribution is 2.12. The Morgan fingerprint density at radius 1 is 1.13 bits per heavy atom. The van der Waals surface area contributed by atoms with E-state index in [2.05, 4.69) is 5.32 Å². The number of nitrogens with zero attached hydrogens (tertiary/aromatic N) is 1. The molecule has 2 amide bonds. The normalized spacial score (nSPS) is 13.3. The predicted molar refractivity (Wildman–Crippen MR) is 87.4 cm³/mol. The number of nitrogens with one attached hydrogen (secondary N) is 1. The van der Waals surface area contributed by atoms with E-state index in [1.165, 1.54) is 14.0 Å². The third-order valence-electron chi connectivity index (χ3n) is 3.61. The number of aliphatic carboxylic acids is 1. The SMILES string of the molecule is CC(C)C(NC(=O)c1ccc(Cl)cc1)C(=O)N(C)C(C)C(=O)O. The van der Waals surface area contributed by atoms with Crippen molar-refractivity contribution >= 4 is 29.4 Å². The van der Waals surface area contributed by atoms with Crippen LogP contribution in [0.3, 0.4) is 0 Å². The number of hydrogen-bond donors (Lipinski definition) is 2. The topological polar surface area (TPSA) is 86.7 Å². The molecule has 6 nitrogen and oxygen atoms in total. The first-order valence-electron chi connectivity index (χ1n) is 7.21. The maximum absolute atomic E-state index is 12.5. The number of carbonyl (C=O) groups is 3. The Hall–Kier alpha value is -2.08. The van der Waals surface area contributed by atoms with Crippen molar-refractivity contribution in [3.8, 4) is 0 Å². The van der Waals surface area contributed by atoms with Crippen LogP contribution in [-0.2, 0) is 9.59 Å². The first-order valence-corrected chi connectivity index (χ1v) is 7.58. The minimum absolute atomic E-state index is 0.192. The third kappa shape index (κ3) is 4.96. The molecule has 0 aliphatic carbocycles. The molecule has 23 heavy (non-hydrogen) atoms. The highest BCUT2D eigenvalue weighted by Gasteiger charge is 2.31.